The minimum atomic E-state index is -4.48. The van der Waals surface area contributed by atoms with Gasteiger partial charge in [-0.3, -0.25) is 9.59 Å². The number of alkyl halides is 3. The number of halogens is 3. The summed E-state index contributed by atoms with van der Waals surface area (Å²) in [5.74, 6) is -0.555. The molecule has 2 aromatic rings. The highest BCUT2D eigenvalue weighted by atomic mass is 19.4. The number of rotatable bonds is 9. The van der Waals surface area contributed by atoms with Gasteiger partial charge in [-0.1, -0.05) is 68.9 Å². The first kappa shape index (κ1) is 28.3. The summed E-state index contributed by atoms with van der Waals surface area (Å²) in [7, 11) is 1.59. The minimum Gasteiger partial charge on any atom is -0.392 e. The molecule has 2 amide bonds. The number of nitrogens with zero attached hydrogens (tertiary/aromatic N) is 2. The molecule has 214 valence electrons. The summed E-state index contributed by atoms with van der Waals surface area (Å²) in [4.78, 5) is 33.2. The standard InChI is InChI=1S/C31H36F3N3O3/c1-37-25-9-5-4-8-23(25)27(21-13-15-22(16-14-21)31(32,33)34)35-28(30(37)40)36-29(39)24(18-20-10-11-20)26(38)17-12-19-6-2-3-7-19/h4-5,8-9,13-16,19-20,24,26,28,38H,2-3,6-7,10-12,17-18H2,1H3,(H,36,39)/t24-,26+,28?/m1/s1. The molecule has 6 nitrogen and oxygen atoms in total. The predicted molar refractivity (Wildman–Crippen MR) is 147 cm³/mol. The molecule has 0 bridgehead atoms. The maximum Gasteiger partial charge on any atom is 0.416 e. The lowest BCUT2D eigenvalue weighted by Gasteiger charge is -2.26. The molecule has 1 unspecified atom stereocenters. The van der Waals surface area contributed by atoms with E-state index in [0.29, 0.717) is 47.2 Å². The average Bonchev–Trinajstić information content (AvgIpc) is 3.63. The van der Waals surface area contributed by atoms with Crippen LogP contribution in [-0.4, -0.2) is 41.9 Å². The number of aliphatic hydroxyl groups is 1. The summed E-state index contributed by atoms with van der Waals surface area (Å²) < 4.78 is 39.6. The summed E-state index contributed by atoms with van der Waals surface area (Å²) in [5.41, 5.74) is 1.03. The van der Waals surface area contributed by atoms with E-state index < -0.39 is 41.7 Å². The number of anilines is 1. The van der Waals surface area contributed by atoms with Gasteiger partial charge >= 0.3 is 6.18 Å². The number of hydrogen-bond donors (Lipinski definition) is 2. The Morgan fingerprint density at radius 2 is 1.73 bits per heavy atom. The number of fused-ring (bicyclic) bond motifs is 1. The Morgan fingerprint density at radius 3 is 2.38 bits per heavy atom. The van der Waals surface area contributed by atoms with Gasteiger partial charge in [-0.05, 0) is 49.3 Å². The highest BCUT2D eigenvalue weighted by Crippen LogP contribution is 2.38. The smallest absolute Gasteiger partial charge is 0.392 e. The molecular formula is C31H36F3N3O3. The molecule has 1 aliphatic heterocycles. The van der Waals surface area contributed by atoms with Crippen LogP contribution >= 0.6 is 0 Å². The molecule has 0 spiro atoms. The summed E-state index contributed by atoms with van der Waals surface area (Å²) in [5, 5.41) is 13.9. The Bertz CT molecular complexity index is 1250. The first-order chi connectivity index (χ1) is 19.1. The minimum absolute atomic E-state index is 0.313. The van der Waals surface area contributed by atoms with Gasteiger partial charge in [0.15, 0.2) is 0 Å². The molecule has 2 aromatic carbocycles. The molecule has 0 saturated heterocycles. The van der Waals surface area contributed by atoms with Crippen molar-refractivity contribution < 1.29 is 27.9 Å². The SMILES string of the molecule is CN1C(=O)C(NC(=O)[C@H](CC2CC2)[C@@H](O)CCC2CCCC2)N=C(c2ccc(C(F)(F)F)cc2)c2ccccc21. The van der Waals surface area contributed by atoms with Crippen molar-refractivity contribution in [2.24, 2.45) is 22.7 Å². The van der Waals surface area contributed by atoms with Crippen LogP contribution in [0, 0.1) is 17.8 Å². The first-order valence-electron chi connectivity index (χ1n) is 14.2. The van der Waals surface area contributed by atoms with E-state index in [2.05, 4.69) is 10.3 Å². The number of amides is 2. The van der Waals surface area contributed by atoms with Crippen LogP contribution in [-0.2, 0) is 15.8 Å². The molecule has 2 N–H and O–H groups in total. The number of benzene rings is 2. The Labute approximate surface area is 232 Å². The van der Waals surface area contributed by atoms with E-state index in [9.17, 15) is 27.9 Å². The van der Waals surface area contributed by atoms with Crippen LogP contribution in [0.25, 0.3) is 0 Å². The number of hydrogen-bond acceptors (Lipinski definition) is 4. The van der Waals surface area contributed by atoms with Crippen molar-refractivity contribution in [3.63, 3.8) is 0 Å². The zero-order chi connectivity index (χ0) is 28.4. The fourth-order valence-corrected chi connectivity index (χ4v) is 5.96. The third kappa shape index (κ3) is 6.40. The molecule has 2 fully saturated rings. The topological polar surface area (TPSA) is 82.0 Å². The number of benzodiazepines with no additional fused rings is 1. The number of nitrogens with one attached hydrogen (secondary N) is 1. The lowest BCUT2D eigenvalue weighted by Crippen LogP contribution is -2.49. The number of para-hydroxylation sites is 1. The summed E-state index contributed by atoms with van der Waals surface area (Å²) in [6, 6.07) is 11.6. The van der Waals surface area contributed by atoms with Gasteiger partial charge in [0.05, 0.1) is 29.0 Å². The van der Waals surface area contributed by atoms with E-state index in [1.54, 1.807) is 31.3 Å². The van der Waals surface area contributed by atoms with Gasteiger partial charge in [0, 0.05) is 18.2 Å². The van der Waals surface area contributed by atoms with Gasteiger partial charge < -0.3 is 15.3 Å². The lowest BCUT2D eigenvalue weighted by atomic mass is 9.89. The van der Waals surface area contributed by atoms with Crippen LogP contribution < -0.4 is 10.2 Å². The van der Waals surface area contributed by atoms with Crippen LogP contribution in [0.15, 0.2) is 53.5 Å². The van der Waals surface area contributed by atoms with Crippen molar-refractivity contribution in [2.45, 2.75) is 76.2 Å². The summed E-state index contributed by atoms with van der Waals surface area (Å²) in [6.45, 7) is 0. The highest BCUT2D eigenvalue weighted by Gasteiger charge is 2.38. The maximum atomic E-state index is 13.6. The van der Waals surface area contributed by atoms with Gasteiger partial charge in [-0.25, -0.2) is 4.99 Å². The summed E-state index contributed by atoms with van der Waals surface area (Å²) in [6.07, 6.45) is 2.21. The van der Waals surface area contributed by atoms with Crippen molar-refractivity contribution in [1.82, 2.24) is 5.32 Å². The van der Waals surface area contributed by atoms with Crippen molar-refractivity contribution in [3.05, 3.63) is 65.2 Å². The van der Waals surface area contributed by atoms with E-state index in [4.69, 9.17) is 0 Å². The average molecular weight is 556 g/mol. The number of carbonyl (C=O) groups excluding carboxylic acids is 2. The molecule has 3 atom stereocenters. The van der Waals surface area contributed by atoms with Crippen molar-refractivity contribution in [2.75, 3.05) is 11.9 Å². The largest absolute Gasteiger partial charge is 0.416 e. The van der Waals surface area contributed by atoms with Crippen LogP contribution in [0.1, 0.15) is 74.5 Å². The second-order valence-electron chi connectivity index (χ2n) is 11.5. The zero-order valence-electron chi connectivity index (χ0n) is 22.7. The van der Waals surface area contributed by atoms with E-state index in [1.807, 2.05) is 0 Å². The predicted octanol–water partition coefficient (Wildman–Crippen LogP) is 5.71. The maximum absolute atomic E-state index is 13.6. The van der Waals surface area contributed by atoms with Gasteiger partial charge in [0.1, 0.15) is 0 Å². The van der Waals surface area contributed by atoms with Gasteiger partial charge in [0.2, 0.25) is 12.1 Å². The van der Waals surface area contributed by atoms with E-state index in [-0.39, 0.29) is 0 Å². The molecule has 1 heterocycles. The number of aliphatic hydroxyl groups excluding tert-OH is 1. The molecule has 2 aliphatic carbocycles. The Hall–Kier alpha value is -3.20. The van der Waals surface area contributed by atoms with Crippen molar-refractivity contribution in [1.29, 1.82) is 0 Å². The Balaban J connectivity index is 1.42. The number of carbonyl (C=O) groups is 2. The molecule has 3 aliphatic rings. The molecule has 5 rings (SSSR count). The van der Waals surface area contributed by atoms with Crippen LogP contribution in [0.5, 0.6) is 0 Å². The Morgan fingerprint density at radius 1 is 1.05 bits per heavy atom. The van der Waals surface area contributed by atoms with E-state index in [0.717, 1.165) is 44.2 Å². The quantitative estimate of drug-likeness (QED) is 0.416. The molecule has 2 saturated carbocycles. The fourth-order valence-electron chi connectivity index (χ4n) is 5.96. The van der Waals surface area contributed by atoms with Crippen molar-refractivity contribution >= 4 is 23.2 Å². The molecule has 0 aromatic heterocycles. The van der Waals surface area contributed by atoms with E-state index in [1.165, 1.54) is 29.9 Å². The monoisotopic (exact) mass is 555 g/mol. The zero-order valence-corrected chi connectivity index (χ0v) is 22.7. The molecular weight excluding hydrogens is 519 g/mol. The third-order valence-electron chi connectivity index (χ3n) is 8.54. The van der Waals surface area contributed by atoms with Crippen LogP contribution in [0.2, 0.25) is 0 Å². The first-order valence-corrected chi connectivity index (χ1v) is 14.2. The van der Waals surface area contributed by atoms with Crippen molar-refractivity contribution in [3.8, 4) is 0 Å². The number of aliphatic imine (C=N–C) groups is 1. The van der Waals surface area contributed by atoms with E-state index >= 15 is 0 Å². The fraction of sp³-hybridized carbons (Fsp3) is 0.516. The summed E-state index contributed by atoms with van der Waals surface area (Å²) >= 11 is 0. The van der Waals surface area contributed by atoms with Gasteiger partial charge in [0.25, 0.3) is 5.91 Å². The number of likely N-dealkylation sites (N-methyl/N-ethyl adjacent to an activating group) is 1. The normalized spacial score (nSPS) is 21.4. The van der Waals surface area contributed by atoms with Gasteiger partial charge in [-0.15, -0.1) is 0 Å². The molecule has 9 heteroatoms. The Kier molecular flexibility index (Phi) is 8.31. The second kappa shape index (κ2) is 11.7. The second-order valence-corrected chi connectivity index (χ2v) is 11.5. The highest BCUT2D eigenvalue weighted by molar-refractivity contribution is 6.20. The molecule has 40 heavy (non-hydrogen) atoms. The lowest BCUT2D eigenvalue weighted by molar-refractivity contribution is -0.137. The van der Waals surface area contributed by atoms with Crippen LogP contribution in [0.3, 0.4) is 0 Å². The van der Waals surface area contributed by atoms with Crippen LogP contribution in [0.4, 0.5) is 18.9 Å². The molecule has 0 radical (unpaired) electrons. The third-order valence-corrected chi connectivity index (χ3v) is 8.54. The van der Waals surface area contributed by atoms with Gasteiger partial charge in [-0.2, -0.15) is 13.2 Å².